The topological polar surface area (TPSA) is 62.1 Å². The van der Waals surface area contributed by atoms with Crippen LogP contribution in [0.1, 0.15) is 12.8 Å². The molecule has 1 N–H and O–H groups in total. The van der Waals surface area contributed by atoms with Gasteiger partial charge in [0.2, 0.25) is 0 Å². The Bertz CT molecular complexity index is 421. The molecule has 17 heavy (non-hydrogen) atoms. The van der Waals surface area contributed by atoms with Gasteiger partial charge in [0, 0.05) is 0 Å². The van der Waals surface area contributed by atoms with E-state index >= 15 is 0 Å². The van der Waals surface area contributed by atoms with E-state index in [1.807, 2.05) is 18.2 Å². The minimum Gasteiger partial charge on any atom is -0.484 e. The van der Waals surface area contributed by atoms with Crippen molar-refractivity contribution in [2.75, 3.05) is 6.61 Å². The Kier molecular flexibility index (Phi) is 3.61. The van der Waals surface area contributed by atoms with E-state index in [-0.39, 0.29) is 18.6 Å². The zero-order valence-electron chi connectivity index (χ0n) is 9.43. The van der Waals surface area contributed by atoms with E-state index in [0.717, 1.165) is 12.8 Å². The lowest BCUT2D eigenvalue weighted by Gasteiger charge is -2.11. The molecule has 0 bridgehead atoms. The average Bonchev–Trinajstić information content (AvgIpc) is 3.19. The van der Waals surface area contributed by atoms with Crippen molar-refractivity contribution in [1.29, 1.82) is 5.26 Å². The molecule has 0 spiro atoms. The second-order valence-electron chi connectivity index (χ2n) is 4.11. The number of carbonyl (C=O) groups is 1. The van der Waals surface area contributed by atoms with Gasteiger partial charge in [-0.1, -0.05) is 18.2 Å². The van der Waals surface area contributed by atoms with Gasteiger partial charge in [-0.15, -0.1) is 0 Å². The van der Waals surface area contributed by atoms with Gasteiger partial charge in [-0.05, 0) is 30.9 Å². The molecule has 88 valence electrons. The van der Waals surface area contributed by atoms with Crippen molar-refractivity contribution in [2.24, 2.45) is 5.92 Å². The summed E-state index contributed by atoms with van der Waals surface area (Å²) in [6.45, 7) is -0.0467. The van der Waals surface area contributed by atoms with E-state index in [4.69, 9.17) is 10.00 Å². The minimum absolute atomic E-state index is 0.0467. The predicted molar refractivity (Wildman–Crippen MR) is 62.2 cm³/mol. The highest BCUT2D eigenvalue weighted by atomic mass is 16.5. The molecule has 2 rings (SSSR count). The zero-order chi connectivity index (χ0) is 12.1. The maximum atomic E-state index is 11.5. The molecule has 0 aliphatic heterocycles. The summed E-state index contributed by atoms with van der Waals surface area (Å²) >= 11 is 0. The smallest absolute Gasteiger partial charge is 0.258 e. The summed E-state index contributed by atoms with van der Waals surface area (Å²) in [6.07, 6.45) is 2.05. The quantitative estimate of drug-likeness (QED) is 0.833. The van der Waals surface area contributed by atoms with Gasteiger partial charge in [0.05, 0.1) is 6.07 Å². The number of benzene rings is 1. The molecule has 1 amide bonds. The number of nitrogens with zero attached hydrogens (tertiary/aromatic N) is 1. The average molecular weight is 230 g/mol. The van der Waals surface area contributed by atoms with Gasteiger partial charge in [-0.2, -0.15) is 5.26 Å². The maximum Gasteiger partial charge on any atom is 0.258 e. The van der Waals surface area contributed by atoms with Gasteiger partial charge in [0.1, 0.15) is 11.8 Å². The van der Waals surface area contributed by atoms with Crippen molar-refractivity contribution < 1.29 is 9.53 Å². The summed E-state index contributed by atoms with van der Waals surface area (Å²) in [6, 6.07) is 10.9. The van der Waals surface area contributed by atoms with Crippen LogP contribution >= 0.6 is 0 Å². The molecular formula is C13H14N2O2. The van der Waals surface area contributed by atoms with Crippen molar-refractivity contribution in [2.45, 2.75) is 18.9 Å². The van der Waals surface area contributed by atoms with E-state index in [9.17, 15) is 4.79 Å². The standard InChI is InChI=1S/C13H14N2O2/c14-8-12(10-6-7-10)15-13(16)9-17-11-4-2-1-3-5-11/h1-5,10,12H,6-7,9H2,(H,15,16). The lowest BCUT2D eigenvalue weighted by Crippen LogP contribution is -2.38. The molecule has 0 saturated heterocycles. The van der Waals surface area contributed by atoms with Crippen LogP contribution in [-0.4, -0.2) is 18.6 Å². The third kappa shape index (κ3) is 3.49. The van der Waals surface area contributed by atoms with Crippen molar-refractivity contribution in [3.8, 4) is 11.8 Å². The van der Waals surface area contributed by atoms with E-state index in [1.165, 1.54) is 0 Å². The highest BCUT2D eigenvalue weighted by Crippen LogP contribution is 2.32. The minimum atomic E-state index is -0.359. The maximum absolute atomic E-state index is 11.5. The lowest BCUT2D eigenvalue weighted by molar-refractivity contribution is -0.123. The molecule has 1 aliphatic rings. The molecule has 1 fully saturated rings. The predicted octanol–water partition coefficient (Wildman–Crippen LogP) is 1.48. The Hall–Kier alpha value is -2.02. The normalized spacial score (nSPS) is 15.7. The number of amides is 1. The summed E-state index contributed by atoms with van der Waals surface area (Å²) in [5, 5.41) is 11.5. The Labute approximate surface area is 100 Å². The number of nitrogens with one attached hydrogen (secondary N) is 1. The van der Waals surface area contributed by atoms with Crippen LogP contribution in [0.25, 0.3) is 0 Å². The Morgan fingerprint density at radius 2 is 2.18 bits per heavy atom. The van der Waals surface area contributed by atoms with E-state index in [2.05, 4.69) is 11.4 Å². The summed E-state index contributed by atoms with van der Waals surface area (Å²) < 4.78 is 5.29. The van der Waals surface area contributed by atoms with Crippen molar-refractivity contribution >= 4 is 5.91 Å². The monoisotopic (exact) mass is 230 g/mol. The first-order valence-corrected chi connectivity index (χ1v) is 5.66. The molecule has 1 atom stereocenters. The lowest BCUT2D eigenvalue weighted by atomic mass is 10.2. The van der Waals surface area contributed by atoms with Crippen LogP contribution < -0.4 is 10.1 Å². The number of rotatable bonds is 5. The van der Waals surface area contributed by atoms with E-state index < -0.39 is 0 Å². The van der Waals surface area contributed by atoms with E-state index in [0.29, 0.717) is 11.7 Å². The fourth-order valence-electron chi connectivity index (χ4n) is 1.57. The third-order valence-electron chi connectivity index (χ3n) is 2.66. The molecule has 4 nitrogen and oxygen atoms in total. The number of hydrogen-bond donors (Lipinski definition) is 1. The van der Waals surface area contributed by atoms with Crippen LogP contribution in [0.2, 0.25) is 0 Å². The summed E-state index contributed by atoms with van der Waals surface area (Å²) in [7, 11) is 0. The third-order valence-corrected chi connectivity index (χ3v) is 2.66. The first-order chi connectivity index (χ1) is 8.29. The molecular weight excluding hydrogens is 216 g/mol. The first-order valence-electron chi connectivity index (χ1n) is 5.66. The molecule has 1 aromatic rings. The highest BCUT2D eigenvalue weighted by Gasteiger charge is 2.32. The van der Waals surface area contributed by atoms with Crippen molar-refractivity contribution in [1.82, 2.24) is 5.32 Å². The van der Waals surface area contributed by atoms with Gasteiger partial charge < -0.3 is 10.1 Å². The van der Waals surface area contributed by atoms with Crippen LogP contribution in [0.5, 0.6) is 5.75 Å². The number of nitriles is 1. The summed E-state index contributed by atoms with van der Waals surface area (Å²) in [5.41, 5.74) is 0. The SMILES string of the molecule is N#CC(NC(=O)COc1ccccc1)C1CC1. The van der Waals surface area contributed by atoms with E-state index in [1.54, 1.807) is 12.1 Å². The van der Waals surface area contributed by atoms with Gasteiger partial charge in [0.15, 0.2) is 6.61 Å². The van der Waals surface area contributed by atoms with Gasteiger partial charge in [0.25, 0.3) is 5.91 Å². The van der Waals surface area contributed by atoms with Crippen molar-refractivity contribution in [3.63, 3.8) is 0 Å². The first kappa shape index (κ1) is 11.5. The second kappa shape index (κ2) is 5.35. The van der Waals surface area contributed by atoms with Crippen LogP contribution in [-0.2, 0) is 4.79 Å². The number of carbonyl (C=O) groups excluding carboxylic acids is 1. The van der Waals surface area contributed by atoms with Crippen LogP contribution in [0.15, 0.2) is 30.3 Å². The van der Waals surface area contributed by atoms with Crippen molar-refractivity contribution in [3.05, 3.63) is 30.3 Å². The van der Waals surface area contributed by atoms with Crippen LogP contribution in [0.4, 0.5) is 0 Å². The Morgan fingerprint density at radius 1 is 1.47 bits per heavy atom. The molecule has 1 saturated carbocycles. The Balaban J connectivity index is 1.76. The fraction of sp³-hybridized carbons (Fsp3) is 0.385. The van der Waals surface area contributed by atoms with Gasteiger partial charge in [-0.25, -0.2) is 0 Å². The highest BCUT2D eigenvalue weighted by molar-refractivity contribution is 5.78. The second-order valence-corrected chi connectivity index (χ2v) is 4.11. The van der Waals surface area contributed by atoms with Gasteiger partial charge >= 0.3 is 0 Å². The van der Waals surface area contributed by atoms with Crippen LogP contribution in [0.3, 0.4) is 0 Å². The molecule has 4 heteroatoms. The largest absolute Gasteiger partial charge is 0.484 e. The molecule has 1 aliphatic carbocycles. The summed E-state index contributed by atoms with van der Waals surface area (Å²) in [4.78, 5) is 11.5. The molecule has 0 heterocycles. The summed E-state index contributed by atoms with van der Waals surface area (Å²) in [5.74, 6) is 0.746. The zero-order valence-corrected chi connectivity index (χ0v) is 9.43. The molecule has 0 aromatic heterocycles. The number of hydrogen-bond acceptors (Lipinski definition) is 3. The van der Waals surface area contributed by atoms with Gasteiger partial charge in [-0.3, -0.25) is 4.79 Å². The molecule has 1 unspecified atom stereocenters. The van der Waals surface area contributed by atoms with Crippen LogP contribution in [0, 0.1) is 17.2 Å². The Morgan fingerprint density at radius 3 is 2.76 bits per heavy atom. The molecule has 0 radical (unpaired) electrons. The number of para-hydroxylation sites is 1. The molecule has 1 aromatic carbocycles. The fourth-order valence-corrected chi connectivity index (χ4v) is 1.57. The number of ether oxygens (including phenoxy) is 1.